The van der Waals surface area contributed by atoms with E-state index >= 15 is 0 Å². The minimum atomic E-state index is -0.413. The van der Waals surface area contributed by atoms with E-state index in [0.717, 1.165) is 45.0 Å². The van der Waals surface area contributed by atoms with E-state index in [9.17, 15) is 10.1 Å². The van der Waals surface area contributed by atoms with Crippen LogP contribution in [0, 0.1) is 10.1 Å². The monoisotopic (exact) mass is 382 g/mol. The van der Waals surface area contributed by atoms with Crippen LogP contribution in [0.3, 0.4) is 0 Å². The molecule has 0 radical (unpaired) electrons. The van der Waals surface area contributed by atoms with E-state index in [1.165, 1.54) is 29.1 Å². The van der Waals surface area contributed by atoms with Crippen LogP contribution in [0.25, 0.3) is 5.70 Å². The van der Waals surface area contributed by atoms with Crippen LogP contribution in [0.2, 0.25) is 0 Å². The molecule has 2 aliphatic rings. The Bertz CT molecular complexity index is 669. The van der Waals surface area contributed by atoms with Gasteiger partial charge in [-0.3, -0.25) is 0 Å². The molecule has 0 aliphatic carbocycles. The second-order valence-electron chi connectivity index (χ2n) is 6.73. The lowest BCUT2D eigenvalue weighted by Gasteiger charge is -2.40. The summed E-state index contributed by atoms with van der Waals surface area (Å²) in [5, 5.41) is 17.2. The molecule has 0 amide bonds. The van der Waals surface area contributed by atoms with E-state index in [4.69, 9.17) is 0 Å². The lowest BCUT2D eigenvalue weighted by Crippen LogP contribution is -2.55. The molecule has 0 saturated carbocycles. The molecule has 1 fully saturated rings. The average molecular weight is 382 g/mol. The fourth-order valence-electron chi connectivity index (χ4n) is 3.17. The predicted molar refractivity (Wildman–Crippen MR) is 102 cm³/mol. The summed E-state index contributed by atoms with van der Waals surface area (Å²) in [5.41, 5.74) is 0.839. The molecule has 10 nitrogen and oxygen atoms in total. The normalized spacial score (nSPS) is 19.4. The number of nitro groups is 1. The van der Waals surface area contributed by atoms with Crippen LogP contribution in [-0.4, -0.2) is 87.8 Å². The molecule has 144 valence electrons. The molecule has 0 unspecified atom stereocenters. The molecule has 2 aliphatic heterocycles. The molecule has 1 saturated heterocycles. The summed E-state index contributed by atoms with van der Waals surface area (Å²) in [6.45, 7) is 6.03. The van der Waals surface area contributed by atoms with Crippen molar-refractivity contribution in [2.24, 2.45) is 7.05 Å². The van der Waals surface area contributed by atoms with Crippen molar-refractivity contribution in [3.63, 3.8) is 0 Å². The highest BCUT2D eigenvalue weighted by Crippen LogP contribution is 2.30. The Morgan fingerprint density at radius 1 is 1.35 bits per heavy atom. The zero-order valence-corrected chi connectivity index (χ0v) is 16.3. The third-order valence-corrected chi connectivity index (χ3v) is 5.25. The number of rotatable bonds is 7. The summed E-state index contributed by atoms with van der Waals surface area (Å²) in [4.78, 5) is 22.9. The number of hydrogen-bond acceptors (Lipinski definition) is 9. The van der Waals surface area contributed by atoms with Gasteiger partial charge in [-0.1, -0.05) is 0 Å². The van der Waals surface area contributed by atoms with E-state index < -0.39 is 4.92 Å². The number of hydrazine groups is 2. The highest BCUT2D eigenvalue weighted by molar-refractivity contribution is 8.00. The van der Waals surface area contributed by atoms with Gasteiger partial charge in [0, 0.05) is 31.6 Å². The predicted octanol–water partition coefficient (Wildman–Crippen LogP) is 0.579. The quantitative estimate of drug-likeness (QED) is 0.413. The van der Waals surface area contributed by atoms with Crippen molar-refractivity contribution < 1.29 is 4.92 Å². The van der Waals surface area contributed by atoms with Crippen LogP contribution < -0.4 is 4.83 Å². The molecule has 0 atom stereocenters. The SMILES string of the molecule is CN(C)CCCN1CCN(N2NSC=C2c2ncc([N+](=O)[O-])n2C)CC1. The van der Waals surface area contributed by atoms with Crippen LogP contribution in [0.5, 0.6) is 0 Å². The molecular weight excluding hydrogens is 356 g/mol. The van der Waals surface area contributed by atoms with Gasteiger partial charge >= 0.3 is 5.82 Å². The van der Waals surface area contributed by atoms with E-state index in [-0.39, 0.29) is 5.82 Å². The third kappa shape index (κ3) is 4.18. The standard InChI is InChI=1S/C15H26N8O2S/c1-18(2)5-4-6-20-7-9-21(10-8-20)22-13(12-26-17-22)15-16-11-14(19(15)3)23(24)25/h11-12,17H,4-10H2,1-3H3. The number of piperazine rings is 1. The lowest BCUT2D eigenvalue weighted by atomic mass is 10.3. The summed E-state index contributed by atoms with van der Waals surface area (Å²) in [5.74, 6) is 0.575. The molecule has 26 heavy (non-hydrogen) atoms. The van der Waals surface area contributed by atoms with Gasteiger partial charge in [-0.05, 0) is 50.5 Å². The fourth-order valence-corrected chi connectivity index (χ4v) is 3.85. The van der Waals surface area contributed by atoms with Crippen molar-refractivity contribution in [1.82, 2.24) is 34.3 Å². The highest BCUT2D eigenvalue weighted by Gasteiger charge is 2.32. The largest absolute Gasteiger partial charge is 0.358 e. The van der Waals surface area contributed by atoms with Gasteiger partial charge in [0.05, 0.1) is 7.05 Å². The Morgan fingerprint density at radius 2 is 2.08 bits per heavy atom. The van der Waals surface area contributed by atoms with Crippen LogP contribution >= 0.6 is 11.9 Å². The van der Waals surface area contributed by atoms with Gasteiger partial charge in [-0.25, -0.2) is 19.7 Å². The fraction of sp³-hybridized carbons (Fsp3) is 0.667. The highest BCUT2D eigenvalue weighted by atomic mass is 32.2. The molecule has 0 bridgehead atoms. The molecule has 3 heterocycles. The summed E-state index contributed by atoms with van der Waals surface area (Å²) < 4.78 is 1.52. The maximum Gasteiger partial charge on any atom is 0.342 e. The first kappa shape index (κ1) is 19.1. The topological polar surface area (TPSA) is 85.9 Å². The number of hydrogen-bond donors (Lipinski definition) is 1. The lowest BCUT2D eigenvalue weighted by molar-refractivity contribution is -0.391. The molecule has 1 N–H and O–H groups in total. The first-order chi connectivity index (χ1) is 12.5. The summed E-state index contributed by atoms with van der Waals surface area (Å²) >= 11 is 1.45. The Labute approximate surface area is 157 Å². The van der Waals surface area contributed by atoms with Crippen molar-refractivity contribution in [1.29, 1.82) is 0 Å². The summed E-state index contributed by atoms with van der Waals surface area (Å²) in [6.07, 6.45) is 2.48. The molecule has 1 aromatic rings. The summed E-state index contributed by atoms with van der Waals surface area (Å²) in [7, 11) is 5.88. The summed E-state index contributed by atoms with van der Waals surface area (Å²) in [6, 6.07) is 0. The van der Waals surface area contributed by atoms with Crippen LogP contribution in [0.15, 0.2) is 11.6 Å². The maximum absolute atomic E-state index is 11.1. The van der Waals surface area contributed by atoms with E-state index in [1.807, 2.05) is 10.5 Å². The van der Waals surface area contributed by atoms with Gasteiger partial charge in [0.15, 0.2) is 0 Å². The number of imidazole rings is 1. The van der Waals surface area contributed by atoms with Gasteiger partial charge in [0.25, 0.3) is 0 Å². The van der Waals surface area contributed by atoms with Crippen molar-refractivity contribution in [3.8, 4) is 0 Å². The van der Waals surface area contributed by atoms with Crippen molar-refractivity contribution in [3.05, 3.63) is 27.5 Å². The Hall–Kier alpha value is -1.66. The molecule has 1 aromatic heterocycles. The zero-order valence-electron chi connectivity index (χ0n) is 15.5. The molecule has 11 heteroatoms. The molecule has 3 rings (SSSR count). The first-order valence-electron chi connectivity index (χ1n) is 8.67. The minimum absolute atomic E-state index is 0.0107. The van der Waals surface area contributed by atoms with E-state index in [2.05, 4.69) is 38.7 Å². The third-order valence-electron chi connectivity index (χ3n) is 4.63. The maximum atomic E-state index is 11.1. The van der Waals surface area contributed by atoms with E-state index in [1.54, 1.807) is 7.05 Å². The minimum Gasteiger partial charge on any atom is -0.358 e. The Kier molecular flexibility index (Phi) is 6.14. The second-order valence-corrected chi connectivity index (χ2v) is 7.39. The van der Waals surface area contributed by atoms with Gasteiger partial charge in [-0.2, -0.15) is 4.83 Å². The van der Waals surface area contributed by atoms with Crippen LogP contribution in [0.4, 0.5) is 5.82 Å². The number of aromatic nitrogens is 2. The van der Waals surface area contributed by atoms with E-state index in [0.29, 0.717) is 5.82 Å². The second kappa shape index (κ2) is 8.35. The Balaban J connectivity index is 1.59. The zero-order chi connectivity index (χ0) is 18.7. The first-order valence-corrected chi connectivity index (χ1v) is 9.55. The molecular formula is C15H26N8O2S. The number of nitrogens with zero attached hydrogens (tertiary/aromatic N) is 7. The van der Waals surface area contributed by atoms with Crippen molar-refractivity contribution in [2.45, 2.75) is 6.42 Å². The average Bonchev–Trinajstić information content (AvgIpc) is 3.21. The van der Waals surface area contributed by atoms with Gasteiger partial charge in [-0.15, -0.1) is 0 Å². The number of nitrogens with one attached hydrogen (secondary N) is 1. The van der Waals surface area contributed by atoms with Crippen molar-refractivity contribution in [2.75, 3.05) is 53.4 Å². The van der Waals surface area contributed by atoms with Crippen LogP contribution in [0.1, 0.15) is 12.2 Å². The van der Waals surface area contributed by atoms with Gasteiger partial charge in [0.1, 0.15) is 11.9 Å². The molecule has 0 spiro atoms. The smallest absolute Gasteiger partial charge is 0.342 e. The van der Waals surface area contributed by atoms with Gasteiger partial charge < -0.3 is 19.9 Å². The molecule has 0 aromatic carbocycles. The van der Waals surface area contributed by atoms with Gasteiger partial charge in [0.2, 0.25) is 5.82 Å². The van der Waals surface area contributed by atoms with Crippen LogP contribution in [-0.2, 0) is 7.05 Å². The Morgan fingerprint density at radius 3 is 2.69 bits per heavy atom. The van der Waals surface area contributed by atoms with Crippen molar-refractivity contribution >= 4 is 23.5 Å².